The average Bonchev–Trinajstić information content (AvgIpc) is 2.50. The highest BCUT2D eigenvalue weighted by Gasteiger charge is 2.16. The van der Waals surface area contributed by atoms with Gasteiger partial charge in [0.15, 0.2) is 0 Å². The van der Waals surface area contributed by atoms with Gasteiger partial charge in [-0.05, 0) is 6.07 Å². The predicted molar refractivity (Wildman–Crippen MR) is 42.0 cm³/mol. The number of furan rings is 1. The van der Waals surface area contributed by atoms with Crippen LogP contribution in [0.1, 0.15) is 5.76 Å². The van der Waals surface area contributed by atoms with E-state index >= 15 is 0 Å². The molecule has 0 saturated carbocycles. The van der Waals surface area contributed by atoms with E-state index < -0.39 is 16.8 Å². The summed E-state index contributed by atoms with van der Waals surface area (Å²) in [6, 6.07) is 2.26. The highest BCUT2D eigenvalue weighted by atomic mass is 16.6. The van der Waals surface area contributed by atoms with Gasteiger partial charge in [-0.3, -0.25) is 10.1 Å². The highest BCUT2D eigenvalue weighted by molar-refractivity contribution is 6.13. The summed E-state index contributed by atoms with van der Waals surface area (Å²) in [5, 5.41) is 18.6. The third kappa shape index (κ3) is 1.73. The molecule has 0 aromatic carbocycles. The molecule has 6 nitrogen and oxygen atoms in total. The zero-order valence-corrected chi connectivity index (χ0v) is 6.39. The average molecular weight is 183 g/mol. The summed E-state index contributed by atoms with van der Waals surface area (Å²) in [6.45, 7) is 3.18. The van der Waals surface area contributed by atoms with Crippen molar-refractivity contribution in [1.82, 2.24) is 0 Å². The normalized spacial score (nSPS) is 9.54. The van der Waals surface area contributed by atoms with E-state index in [1.165, 1.54) is 6.07 Å². The van der Waals surface area contributed by atoms with Gasteiger partial charge in [-0.2, -0.15) is 0 Å². The molecule has 0 bridgehead atoms. The molecule has 1 aromatic heterocycles. The van der Waals surface area contributed by atoms with Crippen LogP contribution in [0.2, 0.25) is 0 Å². The van der Waals surface area contributed by atoms with E-state index in [4.69, 9.17) is 5.11 Å². The van der Waals surface area contributed by atoms with Crippen molar-refractivity contribution in [3.63, 3.8) is 0 Å². The van der Waals surface area contributed by atoms with Crippen molar-refractivity contribution >= 4 is 17.4 Å². The van der Waals surface area contributed by atoms with E-state index in [-0.39, 0.29) is 11.3 Å². The number of aliphatic carboxylic acids is 1. The van der Waals surface area contributed by atoms with Gasteiger partial charge in [-0.1, -0.05) is 6.58 Å². The molecule has 0 atom stereocenters. The lowest BCUT2D eigenvalue weighted by molar-refractivity contribution is -0.402. The quantitative estimate of drug-likeness (QED) is 0.432. The number of nitro groups is 1. The van der Waals surface area contributed by atoms with Crippen LogP contribution in [0.3, 0.4) is 0 Å². The molecule has 1 heterocycles. The third-order valence-corrected chi connectivity index (χ3v) is 1.33. The van der Waals surface area contributed by atoms with Crippen LogP contribution in [-0.4, -0.2) is 16.0 Å². The van der Waals surface area contributed by atoms with Gasteiger partial charge in [-0.15, -0.1) is 0 Å². The monoisotopic (exact) mass is 183 g/mol. The second-order valence-electron chi connectivity index (χ2n) is 2.18. The molecule has 6 heteroatoms. The molecule has 0 aliphatic heterocycles. The minimum absolute atomic E-state index is 0.112. The molecule has 0 saturated heterocycles. The fourth-order valence-corrected chi connectivity index (χ4v) is 0.693. The SMILES string of the molecule is C=C(C(=O)O)c1ccc([N+](=O)[O-])o1. The minimum Gasteiger partial charge on any atom is -0.478 e. The predicted octanol–water partition coefficient (Wildman–Crippen LogP) is 1.29. The fourth-order valence-electron chi connectivity index (χ4n) is 0.693. The maximum absolute atomic E-state index is 10.3. The van der Waals surface area contributed by atoms with Crippen LogP contribution in [0.5, 0.6) is 0 Å². The van der Waals surface area contributed by atoms with Crippen molar-refractivity contribution in [3.05, 3.63) is 34.6 Å². The van der Waals surface area contributed by atoms with Crippen LogP contribution in [-0.2, 0) is 4.79 Å². The zero-order valence-electron chi connectivity index (χ0n) is 6.39. The Morgan fingerprint density at radius 1 is 1.62 bits per heavy atom. The molecule has 0 aliphatic carbocycles. The first-order valence-corrected chi connectivity index (χ1v) is 3.19. The highest BCUT2D eigenvalue weighted by Crippen LogP contribution is 2.21. The smallest absolute Gasteiger partial charge is 0.433 e. The number of hydrogen-bond donors (Lipinski definition) is 1. The molecule has 1 N–H and O–H groups in total. The van der Waals surface area contributed by atoms with Crippen molar-refractivity contribution in [2.24, 2.45) is 0 Å². The Labute approximate surface area is 72.2 Å². The Bertz CT molecular complexity index is 378. The Kier molecular flexibility index (Phi) is 2.14. The summed E-state index contributed by atoms with van der Waals surface area (Å²) >= 11 is 0. The van der Waals surface area contributed by atoms with Crippen LogP contribution in [0, 0.1) is 10.1 Å². The Hall–Kier alpha value is -2.11. The van der Waals surface area contributed by atoms with Gasteiger partial charge in [0.05, 0.1) is 11.6 Å². The van der Waals surface area contributed by atoms with Crippen molar-refractivity contribution < 1.29 is 19.2 Å². The van der Waals surface area contributed by atoms with Gasteiger partial charge >= 0.3 is 11.9 Å². The Balaban J connectivity index is 2.99. The summed E-state index contributed by atoms with van der Waals surface area (Å²) < 4.78 is 4.59. The fraction of sp³-hybridized carbons (Fsp3) is 0. The summed E-state index contributed by atoms with van der Waals surface area (Å²) in [4.78, 5) is 19.7. The van der Waals surface area contributed by atoms with Crippen LogP contribution < -0.4 is 0 Å². The molecule has 13 heavy (non-hydrogen) atoms. The molecule has 0 amide bonds. The number of nitrogens with zero attached hydrogens (tertiary/aromatic N) is 1. The molecular formula is C7H5NO5. The number of rotatable bonds is 3. The van der Waals surface area contributed by atoms with E-state index in [0.717, 1.165) is 6.07 Å². The number of carbonyl (C=O) groups is 1. The molecule has 1 rings (SSSR count). The molecule has 0 aliphatic rings. The second kappa shape index (κ2) is 3.10. The third-order valence-electron chi connectivity index (χ3n) is 1.33. The number of carboxylic acids is 1. The van der Waals surface area contributed by atoms with Gasteiger partial charge in [0.2, 0.25) is 0 Å². The summed E-state index contributed by atoms with van der Waals surface area (Å²) in [5.41, 5.74) is -0.312. The van der Waals surface area contributed by atoms with Crippen LogP contribution in [0.15, 0.2) is 23.1 Å². The summed E-state index contributed by atoms with van der Waals surface area (Å²) in [6.07, 6.45) is 0. The second-order valence-corrected chi connectivity index (χ2v) is 2.18. The van der Waals surface area contributed by atoms with Crippen LogP contribution in [0.25, 0.3) is 5.57 Å². The topological polar surface area (TPSA) is 93.6 Å². The zero-order chi connectivity index (χ0) is 10.0. The first-order valence-electron chi connectivity index (χ1n) is 3.19. The maximum Gasteiger partial charge on any atom is 0.433 e. The van der Waals surface area contributed by atoms with Gasteiger partial charge < -0.3 is 9.52 Å². The Morgan fingerprint density at radius 2 is 2.23 bits per heavy atom. The number of carboxylic acid groups (broad SMARTS) is 1. The van der Waals surface area contributed by atoms with E-state index in [1.54, 1.807) is 0 Å². The molecule has 0 radical (unpaired) electrons. The van der Waals surface area contributed by atoms with E-state index in [1.807, 2.05) is 0 Å². The lowest BCUT2D eigenvalue weighted by atomic mass is 10.2. The Morgan fingerprint density at radius 3 is 2.62 bits per heavy atom. The van der Waals surface area contributed by atoms with E-state index in [9.17, 15) is 14.9 Å². The largest absolute Gasteiger partial charge is 0.478 e. The van der Waals surface area contributed by atoms with E-state index in [0.29, 0.717) is 0 Å². The molecule has 0 unspecified atom stereocenters. The van der Waals surface area contributed by atoms with E-state index in [2.05, 4.69) is 11.0 Å². The van der Waals surface area contributed by atoms with Crippen molar-refractivity contribution in [3.8, 4) is 0 Å². The van der Waals surface area contributed by atoms with Gasteiger partial charge in [0.1, 0.15) is 10.7 Å². The lowest BCUT2D eigenvalue weighted by Gasteiger charge is -1.91. The molecule has 0 fully saturated rings. The van der Waals surface area contributed by atoms with Gasteiger partial charge in [-0.25, -0.2) is 4.79 Å². The standard InChI is InChI=1S/C7H5NO5/c1-4(7(9)10)5-2-3-6(13-5)8(11)12/h2-3H,1H2,(H,9,10). The summed E-state index contributed by atoms with van der Waals surface area (Å²) in [7, 11) is 0. The summed E-state index contributed by atoms with van der Waals surface area (Å²) in [5.74, 6) is -1.89. The lowest BCUT2D eigenvalue weighted by Crippen LogP contribution is -1.96. The molecule has 1 aromatic rings. The maximum atomic E-state index is 10.3. The van der Waals surface area contributed by atoms with Crippen molar-refractivity contribution in [1.29, 1.82) is 0 Å². The molecular weight excluding hydrogens is 178 g/mol. The van der Waals surface area contributed by atoms with Crippen LogP contribution in [0.4, 0.5) is 5.88 Å². The first kappa shape index (κ1) is 8.98. The van der Waals surface area contributed by atoms with Gasteiger partial charge in [0, 0.05) is 0 Å². The number of hydrogen-bond acceptors (Lipinski definition) is 4. The molecule has 68 valence electrons. The van der Waals surface area contributed by atoms with Crippen molar-refractivity contribution in [2.75, 3.05) is 0 Å². The van der Waals surface area contributed by atoms with Crippen molar-refractivity contribution in [2.45, 2.75) is 0 Å². The van der Waals surface area contributed by atoms with Gasteiger partial charge in [0.25, 0.3) is 0 Å². The minimum atomic E-state index is -1.27. The van der Waals surface area contributed by atoms with Crippen LogP contribution >= 0.6 is 0 Å². The first-order chi connectivity index (χ1) is 6.02. The molecule has 0 spiro atoms.